The minimum absolute atomic E-state index is 0.00785. The number of halogens is 2. The molecule has 0 spiro atoms. The quantitative estimate of drug-likeness (QED) is 0.133. The molecule has 0 aliphatic carbocycles. The molecule has 0 radical (unpaired) electrons. The molecule has 4 aliphatic heterocycles. The van der Waals surface area contributed by atoms with Crippen LogP contribution >= 0.6 is 11.6 Å². The van der Waals surface area contributed by atoms with E-state index < -0.39 is 17.8 Å². The van der Waals surface area contributed by atoms with E-state index in [0.717, 1.165) is 38.8 Å². The fraction of sp³-hybridized carbons (Fsp3) is 0.360. The van der Waals surface area contributed by atoms with Gasteiger partial charge in [-0.25, -0.2) is 4.39 Å². The van der Waals surface area contributed by atoms with Crippen molar-refractivity contribution in [1.29, 1.82) is 5.26 Å². The van der Waals surface area contributed by atoms with Gasteiger partial charge in [0.15, 0.2) is 5.83 Å². The van der Waals surface area contributed by atoms with Crippen LogP contribution in [0.1, 0.15) is 81.3 Å². The second-order valence-electron chi connectivity index (χ2n) is 17.9. The van der Waals surface area contributed by atoms with Gasteiger partial charge in [-0.3, -0.25) is 14.4 Å². The predicted octanol–water partition coefficient (Wildman–Crippen LogP) is 7.49. The van der Waals surface area contributed by atoms with Crippen LogP contribution in [-0.2, 0) is 30.8 Å². The minimum atomic E-state index is -1.07. The third-order valence-electron chi connectivity index (χ3n) is 13.3. The number of nitriles is 1. The first-order chi connectivity index (χ1) is 31.8. The van der Waals surface area contributed by atoms with Gasteiger partial charge in [0, 0.05) is 86.5 Å². The normalized spacial score (nSPS) is 18.1. The summed E-state index contributed by atoms with van der Waals surface area (Å²) in [6.45, 7) is 10.7. The van der Waals surface area contributed by atoms with Crippen LogP contribution in [0.25, 0.3) is 10.8 Å². The highest BCUT2D eigenvalue weighted by Gasteiger charge is 2.36. The van der Waals surface area contributed by atoms with Crippen LogP contribution in [-0.4, -0.2) is 105 Å². The zero-order chi connectivity index (χ0) is 46.4. The molecule has 2 fully saturated rings. The molecular weight excluding hydrogens is 863 g/mol. The first-order valence-electron chi connectivity index (χ1n) is 22.3. The fourth-order valence-corrected chi connectivity index (χ4v) is 10.1. The third kappa shape index (κ3) is 8.53. The molecule has 5 aromatic rings. The summed E-state index contributed by atoms with van der Waals surface area (Å²) in [5, 5.41) is 33.2. The van der Waals surface area contributed by atoms with Crippen LogP contribution in [0.5, 0.6) is 17.5 Å². The van der Waals surface area contributed by atoms with Gasteiger partial charge >= 0.3 is 6.01 Å². The Morgan fingerprint density at radius 2 is 1.70 bits per heavy atom. The summed E-state index contributed by atoms with van der Waals surface area (Å²) >= 11 is 6.76. The molecule has 2 saturated heterocycles. The van der Waals surface area contributed by atoms with Crippen molar-refractivity contribution in [3.8, 4) is 23.6 Å². The number of hydrogen-bond acceptors (Lipinski definition) is 11. The van der Waals surface area contributed by atoms with Crippen LogP contribution in [0, 0.1) is 17.2 Å². The lowest BCUT2D eigenvalue weighted by Crippen LogP contribution is -2.55. The molecular formula is C50H50ClFN8O6. The van der Waals surface area contributed by atoms with Crippen LogP contribution in [0.3, 0.4) is 0 Å². The van der Waals surface area contributed by atoms with E-state index in [1.54, 1.807) is 17.0 Å². The zero-order valence-corrected chi connectivity index (χ0v) is 37.6. The molecule has 2 unspecified atom stereocenters. The highest BCUT2D eigenvalue weighted by Crippen LogP contribution is 2.39. The maximum absolute atomic E-state index is 14.1. The summed E-state index contributed by atoms with van der Waals surface area (Å²) in [5.41, 5.74) is 5.70. The van der Waals surface area contributed by atoms with Crippen molar-refractivity contribution >= 4 is 51.6 Å². The highest BCUT2D eigenvalue weighted by atomic mass is 35.5. The Morgan fingerprint density at radius 1 is 0.909 bits per heavy atom. The summed E-state index contributed by atoms with van der Waals surface area (Å²) in [7, 11) is 0. The number of amides is 3. The monoisotopic (exact) mass is 912 g/mol. The molecule has 2 N–H and O–H groups in total. The van der Waals surface area contributed by atoms with Crippen molar-refractivity contribution < 1.29 is 33.7 Å². The van der Waals surface area contributed by atoms with Crippen LogP contribution < -0.4 is 14.5 Å². The highest BCUT2D eigenvalue weighted by molar-refractivity contribution is 6.36. The number of benzene rings is 4. The van der Waals surface area contributed by atoms with E-state index in [0.29, 0.717) is 74.1 Å². The Kier molecular flexibility index (Phi) is 12.2. The molecule has 1 aromatic heterocycles. The maximum atomic E-state index is 14.1. The minimum Gasteiger partial charge on any atom is -0.508 e. The molecule has 9 rings (SSSR count). The smallest absolute Gasteiger partial charge is 0.318 e. The number of phenols is 2. The average molecular weight is 913 g/mol. The van der Waals surface area contributed by atoms with E-state index in [2.05, 4.69) is 23.6 Å². The Hall–Kier alpha value is -6.92. The van der Waals surface area contributed by atoms with Crippen LogP contribution in [0.2, 0.25) is 5.02 Å². The second kappa shape index (κ2) is 18.2. The Bertz CT molecular complexity index is 2830. The number of hydrogen-bond donors (Lipinski definition) is 2. The molecule has 2 atom stereocenters. The van der Waals surface area contributed by atoms with Gasteiger partial charge in [0.2, 0.25) is 0 Å². The molecule has 340 valence electrons. The lowest BCUT2D eigenvalue weighted by molar-refractivity contribution is -0.131. The Morgan fingerprint density at radius 3 is 2.47 bits per heavy atom. The lowest BCUT2D eigenvalue weighted by Gasteiger charge is -2.42. The summed E-state index contributed by atoms with van der Waals surface area (Å²) in [5.74, 6) is -2.11. The number of likely N-dealkylation sites (tertiary alicyclic amines) is 1. The molecule has 0 saturated carbocycles. The number of carbonyl (C=O) groups excluding carboxylic acids is 3. The Labute approximate surface area is 387 Å². The number of carbonyl (C=O) groups is 3. The van der Waals surface area contributed by atoms with Gasteiger partial charge in [0.1, 0.15) is 17.3 Å². The largest absolute Gasteiger partial charge is 0.508 e. The van der Waals surface area contributed by atoms with E-state index in [1.165, 1.54) is 11.0 Å². The van der Waals surface area contributed by atoms with Crippen molar-refractivity contribution in [3.05, 3.63) is 123 Å². The molecule has 14 nitrogen and oxygen atoms in total. The molecule has 16 heteroatoms. The summed E-state index contributed by atoms with van der Waals surface area (Å²) < 4.78 is 20.5. The van der Waals surface area contributed by atoms with Gasteiger partial charge < -0.3 is 39.4 Å². The van der Waals surface area contributed by atoms with Crippen molar-refractivity contribution in [2.24, 2.45) is 5.92 Å². The lowest BCUT2D eigenvalue weighted by atomic mass is 9.98. The molecule has 5 heterocycles. The zero-order valence-electron chi connectivity index (χ0n) is 36.8. The van der Waals surface area contributed by atoms with E-state index >= 15 is 0 Å². The standard InChI is InChI=1S/C50H50ClFN8O6/c1-29(2)38-21-39(44(62)22-43(38)61)49(65)59-24-34-11-10-33(20-35(34)25-59)48(64)58-16-13-31(23-58)28-66-50-54-41-27-56(42-9-5-7-32-6-4-8-40(51)45(32)42)17-14-37(41)46(55-50)57-18-19-60(47(63)30(3)52)36(26-57)12-15-53/h4-11,20-22,29,31,36,61-62H,3,12-14,16-19,23-28H2,1-2H3. The molecule has 0 bridgehead atoms. The van der Waals surface area contributed by atoms with Crippen molar-refractivity contribution in [2.75, 3.05) is 55.7 Å². The van der Waals surface area contributed by atoms with Crippen LogP contribution in [0.15, 0.2) is 79.1 Å². The first kappa shape index (κ1) is 44.3. The molecule has 4 aliphatic rings. The Balaban J connectivity index is 0.907. The predicted molar refractivity (Wildman–Crippen MR) is 247 cm³/mol. The number of aromatic nitrogens is 2. The van der Waals surface area contributed by atoms with E-state index in [1.807, 2.05) is 66.1 Å². The van der Waals surface area contributed by atoms with E-state index in [4.69, 9.17) is 26.3 Å². The summed E-state index contributed by atoms with van der Waals surface area (Å²) in [4.78, 5) is 59.3. The van der Waals surface area contributed by atoms with Crippen LogP contribution in [0.4, 0.5) is 15.9 Å². The number of phenolic OH excluding ortho intramolecular Hbond substituents is 2. The van der Waals surface area contributed by atoms with Crippen molar-refractivity contribution in [1.82, 2.24) is 24.7 Å². The molecule has 3 amide bonds. The number of nitrogens with zero attached hydrogens (tertiary/aromatic N) is 8. The van der Waals surface area contributed by atoms with Gasteiger partial charge in [0.25, 0.3) is 17.7 Å². The number of aromatic hydroxyl groups is 2. The summed E-state index contributed by atoms with van der Waals surface area (Å²) in [6, 6.07) is 22.0. The maximum Gasteiger partial charge on any atom is 0.318 e. The first-order valence-corrected chi connectivity index (χ1v) is 22.6. The van der Waals surface area contributed by atoms with Crippen molar-refractivity contribution in [3.63, 3.8) is 0 Å². The van der Waals surface area contributed by atoms with Gasteiger partial charge in [0.05, 0.1) is 48.0 Å². The number of anilines is 2. The topological polar surface area (TPSA) is 167 Å². The van der Waals surface area contributed by atoms with Gasteiger partial charge in [-0.1, -0.05) is 62.4 Å². The average Bonchev–Trinajstić information content (AvgIpc) is 3.97. The van der Waals surface area contributed by atoms with Crippen molar-refractivity contribution in [2.45, 2.75) is 64.7 Å². The van der Waals surface area contributed by atoms with Gasteiger partial charge in [-0.15, -0.1) is 0 Å². The fourth-order valence-electron chi connectivity index (χ4n) is 9.81. The SMILES string of the molecule is C=C(F)C(=O)N1CCN(c2nc(OCC3CCN(C(=O)c4ccc5c(c4)CN(C(=O)c4cc(C(C)C)c(O)cc4O)C5)C3)nc3c2CCN(c2cccc4cccc(Cl)c24)C3)CC1CC#N. The number of piperazine rings is 1. The van der Waals surface area contributed by atoms with Gasteiger partial charge in [-0.05, 0) is 71.2 Å². The van der Waals surface area contributed by atoms with E-state index in [9.17, 15) is 34.2 Å². The third-order valence-corrected chi connectivity index (χ3v) is 13.6. The number of ether oxygens (including phenoxy) is 1. The van der Waals surface area contributed by atoms with E-state index in [-0.39, 0.29) is 79.4 Å². The molecule has 66 heavy (non-hydrogen) atoms. The number of fused-ring (bicyclic) bond motifs is 3. The number of rotatable bonds is 10. The summed E-state index contributed by atoms with van der Waals surface area (Å²) in [6.07, 6.45) is 1.31. The molecule has 4 aromatic carbocycles. The van der Waals surface area contributed by atoms with Gasteiger partial charge in [-0.2, -0.15) is 15.2 Å². The second-order valence-corrected chi connectivity index (χ2v) is 18.3.